The van der Waals surface area contributed by atoms with Crippen molar-refractivity contribution < 1.29 is 4.79 Å². The minimum absolute atomic E-state index is 0.470. The monoisotopic (exact) mass is 193 g/mol. The Morgan fingerprint density at radius 3 is 2.85 bits per heavy atom. The molecule has 1 aromatic rings. The number of aldehydes is 1. The van der Waals surface area contributed by atoms with Gasteiger partial charge in [0.15, 0.2) is 6.29 Å². The van der Waals surface area contributed by atoms with Gasteiger partial charge < -0.3 is 5.73 Å². The quantitative estimate of drug-likeness (QED) is 0.388. The lowest BCUT2D eigenvalue weighted by Gasteiger charge is -2.01. The molecule has 0 amide bonds. The lowest BCUT2D eigenvalue weighted by Crippen LogP contribution is -1.91. The number of rotatable bonds is 0. The van der Waals surface area contributed by atoms with Gasteiger partial charge in [0.25, 0.3) is 0 Å². The van der Waals surface area contributed by atoms with Crippen LogP contribution < -0.4 is 5.73 Å². The number of aryl methyl sites for hydroxylation is 1. The van der Waals surface area contributed by atoms with E-state index in [0.717, 1.165) is 5.56 Å². The molecule has 3 heteroatoms. The predicted molar refractivity (Wildman–Crippen MR) is 53.5 cm³/mol. The fraction of sp³-hybridized carbons (Fsp3) is 0.100. The van der Waals surface area contributed by atoms with E-state index >= 15 is 0 Å². The first-order valence-corrected chi connectivity index (χ1v) is 4.03. The van der Waals surface area contributed by atoms with E-state index in [-0.39, 0.29) is 0 Å². The Hall–Kier alpha value is -1.46. The summed E-state index contributed by atoms with van der Waals surface area (Å²) in [5, 5.41) is 0.470. The standard InChI is InChI=1S/C10H8ClNO/c1-7-5-8(3-2-4-13)9(11)6-10(7)12/h4-6H,12H2,1H3. The molecule has 1 aromatic carbocycles. The summed E-state index contributed by atoms with van der Waals surface area (Å²) in [6.07, 6.45) is 0.530. The fourth-order valence-electron chi connectivity index (χ4n) is 0.900. The van der Waals surface area contributed by atoms with Gasteiger partial charge in [-0.2, -0.15) is 0 Å². The largest absolute Gasteiger partial charge is 0.398 e. The Kier molecular flexibility index (Phi) is 2.94. The highest BCUT2D eigenvalue weighted by Gasteiger charge is 2.00. The first-order valence-electron chi connectivity index (χ1n) is 3.66. The van der Waals surface area contributed by atoms with Crippen LogP contribution in [0.15, 0.2) is 12.1 Å². The van der Waals surface area contributed by atoms with Crippen molar-refractivity contribution in [1.82, 2.24) is 0 Å². The highest BCUT2D eigenvalue weighted by atomic mass is 35.5. The molecule has 0 aliphatic rings. The molecule has 0 atom stereocenters. The smallest absolute Gasteiger partial charge is 0.193 e. The molecule has 0 saturated carbocycles. The Bertz CT molecular complexity index is 401. The molecule has 0 aromatic heterocycles. The van der Waals surface area contributed by atoms with Gasteiger partial charge in [0.05, 0.1) is 5.02 Å². The third-order valence-electron chi connectivity index (χ3n) is 1.62. The number of hydrogen-bond acceptors (Lipinski definition) is 2. The fourth-order valence-corrected chi connectivity index (χ4v) is 1.12. The molecule has 0 fully saturated rings. The van der Waals surface area contributed by atoms with Gasteiger partial charge in [-0.25, -0.2) is 0 Å². The predicted octanol–water partition coefficient (Wildman–Crippen LogP) is 1.78. The van der Waals surface area contributed by atoms with Crippen LogP contribution in [0.2, 0.25) is 5.02 Å². The maximum Gasteiger partial charge on any atom is 0.193 e. The number of carbonyl (C=O) groups is 1. The second-order valence-corrected chi connectivity index (χ2v) is 2.98. The summed E-state index contributed by atoms with van der Waals surface area (Å²) in [5.74, 6) is 4.92. The van der Waals surface area contributed by atoms with Crippen LogP contribution in [0.4, 0.5) is 5.69 Å². The number of anilines is 1. The zero-order valence-corrected chi connectivity index (χ0v) is 7.85. The molecule has 0 bridgehead atoms. The number of nitrogens with two attached hydrogens (primary N) is 1. The second-order valence-electron chi connectivity index (χ2n) is 2.58. The zero-order chi connectivity index (χ0) is 9.84. The molecule has 0 saturated heterocycles. The van der Waals surface area contributed by atoms with Gasteiger partial charge in [-0.1, -0.05) is 17.5 Å². The van der Waals surface area contributed by atoms with E-state index in [2.05, 4.69) is 11.8 Å². The van der Waals surface area contributed by atoms with Crippen molar-refractivity contribution in [3.05, 3.63) is 28.3 Å². The summed E-state index contributed by atoms with van der Waals surface area (Å²) in [4.78, 5) is 10.00. The van der Waals surface area contributed by atoms with Gasteiger partial charge in [-0.05, 0) is 30.5 Å². The van der Waals surface area contributed by atoms with Crippen LogP contribution >= 0.6 is 11.6 Å². The highest BCUT2D eigenvalue weighted by molar-refractivity contribution is 6.32. The zero-order valence-electron chi connectivity index (χ0n) is 7.10. The molecule has 66 valence electrons. The first-order chi connectivity index (χ1) is 6.15. The van der Waals surface area contributed by atoms with E-state index < -0.39 is 0 Å². The molecule has 0 unspecified atom stereocenters. The summed E-state index contributed by atoms with van der Waals surface area (Å²) < 4.78 is 0. The van der Waals surface area contributed by atoms with E-state index in [1.165, 1.54) is 0 Å². The van der Waals surface area contributed by atoms with Crippen LogP contribution in [0, 0.1) is 18.8 Å². The van der Waals surface area contributed by atoms with E-state index in [4.69, 9.17) is 17.3 Å². The Morgan fingerprint density at radius 1 is 1.54 bits per heavy atom. The van der Waals surface area contributed by atoms with Crippen molar-refractivity contribution in [2.75, 3.05) is 5.73 Å². The SMILES string of the molecule is Cc1cc(C#CC=O)c(Cl)cc1N. The molecule has 1 rings (SSSR count). The average molecular weight is 194 g/mol. The maximum atomic E-state index is 10.00. The minimum atomic E-state index is 0.470. The summed E-state index contributed by atoms with van der Waals surface area (Å²) >= 11 is 5.84. The number of hydrogen-bond donors (Lipinski definition) is 1. The number of carbonyl (C=O) groups excluding carboxylic acids is 1. The van der Waals surface area contributed by atoms with E-state index in [9.17, 15) is 4.79 Å². The highest BCUT2D eigenvalue weighted by Crippen LogP contribution is 2.21. The average Bonchev–Trinajstić information content (AvgIpc) is 2.09. The molecule has 2 nitrogen and oxygen atoms in total. The number of nitrogen functional groups attached to an aromatic ring is 1. The lowest BCUT2D eigenvalue weighted by molar-refractivity contribution is -0.103. The van der Waals surface area contributed by atoms with Gasteiger partial charge >= 0.3 is 0 Å². The molecule has 0 radical (unpaired) electrons. The molecule has 0 aliphatic heterocycles. The third-order valence-corrected chi connectivity index (χ3v) is 1.93. The van der Waals surface area contributed by atoms with Gasteiger partial charge in [0.1, 0.15) is 0 Å². The van der Waals surface area contributed by atoms with E-state index in [1.807, 2.05) is 6.92 Å². The first kappa shape index (κ1) is 9.63. The van der Waals surface area contributed by atoms with Gasteiger partial charge in [-0.15, -0.1) is 0 Å². The number of halogens is 1. The lowest BCUT2D eigenvalue weighted by atomic mass is 10.1. The van der Waals surface area contributed by atoms with Crippen LogP contribution in [0.3, 0.4) is 0 Å². The molecular formula is C10H8ClNO. The Morgan fingerprint density at radius 2 is 2.23 bits per heavy atom. The molecule has 2 N–H and O–H groups in total. The van der Waals surface area contributed by atoms with Crippen molar-refractivity contribution >= 4 is 23.6 Å². The summed E-state index contributed by atoms with van der Waals surface area (Å²) in [6, 6.07) is 3.39. The van der Waals surface area contributed by atoms with Crippen molar-refractivity contribution in [2.45, 2.75) is 6.92 Å². The number of benzene rings is 1. The van der Waals surface area contributed by atoms with Crippen molar-refractivity contribution in [3.8, 4) is 11.8 Å². The molecule has 0 spiro atoms. The van der Waals surface area contributed by atoms with Crippen LogP contribution in [-0.2, 0) is 4.79 Å². The van der Waals surface area contributed by atoms with Crippen LogP contribution in [0.25, 0.3) is 0 Å². The molecule has 0 heterocycles. The van der Waals surface area contributed by atoms with Crippen molar-refractivity contribution in [1.29, 1.82) is 0 Å². The maximum absolute atomic E-state index is 10.00. The van der Waals surface area contributed by atoms with Crippen LogP contribution in [-0.4, -0.2) is 6.29 Å². The van der Waals surface area contributed by atoms with E-state index in [1.54, 1.807) is 12.1 Å². The summed E-state index contributed by atoms with van der Waals surface area (Å²) in [7, 11) is 0. The van der Waals surface area contributed by atoms with Crippen LogP contribution in [0.1, 0.15) is 11.1 Å². The van der Waals surface area contributed by atoms with Crippen molar-refractivity contribution in [2.24, 2.45) is 0 Å². The topological polar surface area (TPSA) is 43.1 Å². The normalized spacial score (nSPS) is 8.77. The van der Waals surface area contributed by atoms with Gasteiger partial charge in [0.2, 0.25) is 0 Å². The second kappa shape index (κ2) is 3.97. The van der Waals surface area contributed by atoms with Gasteiger partial charge in [0, 0.05) is 11.3 Å². The summed E-state index contributed by atoms with van der Waals surface area (Å²) in [5.41, 5.74) is 7.77. The van der Waals surface area contributed by atoms with Crippen LogP contribution in [0.5, 0.6) is 0 Å². The van der Waals surface area contributed by atoms with Gasteiger partial charge in [-0.3, -0.25) is 4.79 Å². The molecule has 0 aliphatic carbocycles. The molecular weight excluding hydrogens is 186 g/mol. The molecule has 13 heavy (non-hydrogen) atoms. The van der Waals surface area contributed by atoms with E-state index in [0.29, 0.717) is 22.6 Å². The third kappa shape index (κ3) is 2.24. The Labute approximate surface area is 81.7 Å². The minimum Gasteiger partial charge on any atom is -0.398 e. The Balaban J connectivity index is 3.23. The van der Waals surface area contributed by atoms with Crippen molar-refractivity contribution in [3.63, 3.8) is 0 Å². The summed E-state index contributed by atoms with van der Waals surface area (Å²) in [6.45, 7) is 1.86.